The molecule has 0 bridgehead atoms. The zero-order valence-corrected chi connectivity index (χ0v) is 11.5. The van der Waals surface area contributed by atoms with Crippen molar-refractivity contribution in [3.8, 4) is 0 Å². The van der Waals surface area contributed by atoms with E-state index in [0.717, 1.165) is 17.8 Å². The lowest BCUT2D eigenvalue weighted by molar-refractivity contribution is 0.209. The van der Waals surface area contributed by atoms with Crippen LogP contribution in [0, 0.1) is 11.8 Å². The quantitative estimate of drug-likeness (QED) is 0.865. The number of aromatic nitrogens is 2. The van der Waals surface area contributed by atoms with Gasteiger partial charge in [0.05, 0.1) is 0 Å². The molecule has 1 N–H and O–H groups in total. The standard InChI is InChI=1S/C14H25N3/c1-10(2)16-14-15-7-8-17(14)13-6-5-11(3)9-12(13)4/h7-8,10-13H,5-6,9H2,1-4H3,(H,15,16). The van der Waals surface area contributed by atoms with E-state index in [9.17, 15) is 0 Å². The lowest BCUT2D eigenvalue weighted by atomic mass is 9.80. The summed E-state index contributed by atoms with van der Waals surface area (Å²) in [4.78, 5) is 4.44. The fourth-order valence-electron chi connectivity index (χ4n) is 3.01. The van der Waals surface area contributed by atoms with E-state index >= 15 is 0 Å². The Labute approximate surface area is 105 Å². The van der Waals surface area contributed by atoms with Gasteiger partial charge in [-0.25, -0.2) is 4.98 Å². The highest BCUT2D eigenvalue weighted by molar-refractivity contribution is 5.28. The van der Waals surface area contributed by atoms with Crippen molar-refractivity contribution in [2.75, 3.05) is 5.32 Å². The molecule has 2 rings (SSSR count). The van der Waals surface area contributed by atoms with Crippen LogP contribution in [0.2, 0.25) is 0 Å². The second-order valence-electron chi connectivity index (χ2n) is 5.92. The highest BCUT2D eigenvalue weighted by Gasteiger charge is 2.27. The van der Waals surface area contributed by atoms with Crippen molar-refractivity contribution in [1.82, 2.24) is 9.55 Å². The molecule has 3 atom stereocenters. The Morgan fingerprint density at radius 3 is 2.76 bits per heavy atom. The van der Waals surface area contributed by atoms with Crippen LogP contribution in [0.5, 0.6) is 0 Å². The summed E-state index contributed by atoms with van der Waals surface area (Å²) < 4.78 is 2.34. The van der Waals surface area contributed by atoms with Gasteiger partial charge in [0.25, 0.3) is 0 Å². The van der Waals surface area contributed by atoms with E-state index in [2.05, 4.69) is 48.8 Å². The van der Waals surface area contributed by atoms with E-state index in [0.29, 0.717) is 12.1 Å². The molecule has 1 aromatic rings. The summed E-state index contributed by atoms with van der Waals surface area (Å²) in [5.74, 6) is 2.67. The zero-order chi connectivity index (χ0) is 12.4. The summed E-state index contributed by atoms with van der Waals surface area (Å²) in [5.41, 5.74) is 0. The molecule has 17 heavy (non-hydrogen) atoms. The van der Waals surface area contributed by atoms with Gasteiger partial charge >= 0.3 is 0 Å². The number of rotatable bonds is 3. The molecule has 0 saturated heterocycles. The summed E-state index contributed by atoms with van der Waals surface area (Å²) >= 11 is 0. The van der Waals surface area contributed by atoms with Gasteiger partial charge in [-0.1, -0.05) is 13.8 Å². The molecule has 0 amide bonds. The molecule has 1 fully saturated rings. The highest BCUT2D eigenvalue weighted by atomic mass is 15.2. The van der Waals surface area contributed by atoms with Crippen LogP contribution in [0.3, 0.4) is 0 Å². The minimum Gasteiger partial charge on any atom is -0.353 e. The van der Waals surface area contributed by atoms with Crippen LogP contribution >= 0.6 is 0 Å². The second-order valence-corrected chi connectivity index (χ2v) is 5.92. The van der Waals surface area contributed by atoms with Crippen LogP contribution in [0.15, 0.2) is 12.4 Å². The van der Waals surface area contributed by atoms with Crippen molar-refractivity contribution in [1.29, 1.82) is 0 Å². The molecular formula is C14H25N3. The summed E-state index contributed by atoms with van der Waals surface area (Å²) in [6, 6.07) is 1.06. The minimum atomic E-state index is 0.439. The van der Waals surface area contributed by atoms with Crippen LogP contribution in [0.1, 0.15) is 53.0 Å². The van der Waals surface area contributed by atoms with Gasteiger partial charge in [0, 0.05) is 24.5 Å². The van der Waals surface area contributed by atoms with Crippen LogP contribution < -0.4 is 5.32 Å². The molecule has 1 heterocycles. The largest absolute Gasteiger partial charge is 0.353 e. The van der Waals surface area contributed by atoms with E-state index in [1.807, 2.05) is 6.20 Å². The van der Waals surface area contributed by atoms with Gasteiger partial charge < -0.3 is 9.88 Å². The smallest absolute Gasteiger partial charge is 0.203 e. The number of hydrogen-bond acceptors (Lipinski definition) is 2. The summed E-state index contributed by atoms with van der Waals surface area (Å²) in [5, 5.41) is 3.43. The Morgan fingerprint density at radius 1 is 1.35 bits per heavy atom. The van der Waals surface area contributed by atoms with E-state index in [4.69, 9.17) is 0 Å². The van der Waals surface area contributed by atoms with E-state index < -0.39 is 0 Å². The van der Waals surface area contributed by atoms with Gasteiger partial charge in [-0.15, -0.1) is 0 Å². The molecule has 1 aliphatic carbocycles. The first-order chi connectivity index (χ1) is 8.08. The van der Waals surface area contributed by atoms with Crippen LogP contribution in [0.25, 0.3) is 0 Å². The minimum absolute atomic E-state index is 0.439. The first kappa shape index (κ1) is 12.5. The lowest BCUT2D eigenvalue weighted by Crippen LogP contribution is -2.26. The predicted octanol–water partition coefficient (Wildman–Crippen LogP) is 3.70. The molecule has 1 aromatic heterocycles. The normalized spacial score (nSPS) is 29.6. The molecule has 0 spiro atoms. The van der Waals surface area contributed by atoms with Crippen molar-refractivity contribution in [3.63, 3.8) is 0 Å². The van der Waals surface area contributed by atoms with Crippen LogP contribution in [-0.4, -0.2) is 15.6 Å². The van der Waals surface area contributed by atoms with E-state index in [-0.39, 0.29) is 0 Å². The fourth-order valence-corrected chi connectivity index (χ4v) is 3.01. The Bertz CT molecular complexity index is 356. The van der Waals surface area contributed by atoms with Gasteiger partial charge in [0.1, 0.15) is 0 Å². The average Bonchev–Trinajstić information content (AvgIpc) is 2.65. The molecule has 3 nitrogen and oxygen atoms in total. The number of imidazole rings is 1. The van der Waals surface area contributed by atoms with Gasteiger partial charge in [-0.2, -0.15) is 0 Å². The summed E-state index contributed by atoms with van der Waals surface area (Å²) in [6.07, 6.45) is 8.00. The number of nitrogens with one attached hydrogen (secondary N) is 1. The van der Waals surface area contributed by atoms with Crippen LogP contribution in [-0.2, 0) is 0 Å². The molecule has 1 saturated carbocycles. The molecular weight excluding hydrogens is 210 g/mol. The molecule has 0 aromatic carbocycles. The highest BCUT2D eigenvalue weighted by Crippen LogP contribution is 2.37. The van der Waals surface area contributed by atoms with E-state index in [1.54, 1.807) is 0 Å². The number of anilines is 1. The van der Waals surface area contributed by atoms with Crippen molar-refractivity contribution in [2.24, 2.45) is 11.8 Å². The topological polar surface area (TPSA) is 29.9 Å². The van der Waals surface area contributed by atoms with Crippen molar-refractivity contribution < 1.29 is 0 Å². The Hall–Kier alpha value is -0.990. The third-order valence-corrected chi connectivity index (χ3v) is 3.83. The predicted molar refractivity (Wildman–Crippen MR) is 72.2 cm³/mol. The van der Waals surface area contributed by atoms with Gasteiger partial charge in [-0.05, 0) is 44.9 Å². The molecule has 0 radical (unpaired) electrons. The van der Waals surface area contributed by atoms with Gasteiger partial charge in [0.15, 0.2) is 0 Å². The van der Waals surface area contributed by atoms with Crippen LogP contribution in [0.4, 0.5) is 5.95 Å². The first-order valence-electron chi connectivity index (χ1n) is 6.87. The Kier molecular flexibility index (Phi) is 3.75. The maximum absolute atomic E-state index is 4.44. The second kappa shape index (κ2) is 5.11. The fraction of sp³-hybridized carbons (Fsp3) is 0.786. The molecule has 3 heteroatoms. The third-order valence-electron chi connectivity index (χ3n) is 3.83. The molecule has 1 aliphatic rings. The Morgan fingerprint density at radius 2 is 2.12 bits per heavy atom. The van der Waals surface area contributed by atoms with Crippen molar-refractivity contribution in [2.45, 2.75) is 59.0 Å². The average molecular weight is 235 g/mol. The molecule has 96 valence electrons. The summed E-state index contributed by atoms with van der Waals surface area (Å²) in [6.45, 7) is 9.06. The van der Waals surface area contributed by atoms with Gasteiger partial charge in [-0.3, -0.25) is 0 Å². The third kappa shape index (κ3) is 2.82. The monoisotopic (exact) mass is 235 g/mol. The Balaban J connectivity index is 2.13. The van der Waals surface area contributed by atoms with Crippen molar-refractivity contribution >= 4 is 5.95 Å². The summed E-state index contributed by atoms with van der Waals surface area (Å²) in [7, 11) is 0. The number of hydrogen-bond donors (Lipinski definition) is 1. The molecule has 3 unspecified atom stereocenters. The zero-order valence-electron chi connectivity index (χ0n) is 11.5. The lowest BCUT2D eigenvalue weighted by Gasteiger charge is -2.34. The maximum Gasteiger partial charge on any atom is 0.203 e. The van der Waals surface area contributed by atoms with Gasteiger partial charge in [0.2, 0.25) is 5.95 Å². The van der Waals surface area contributed by atoms with Crippen molar-refractivity contribution in [3.05, 3.63) is 12.4 Å². The molecule has 0 aliphatic heterocycles. The SMILES string of the molecule is CC1CCC(n2ccnc2NC(C)C)C(C)C1. The van der Waals surface area contributed by atoms with E-state index in [1.165, 1.54) is 19.3 Å². The maximum atomic E-state index is 4.44. The number of nitrogens with zero attached hydrogens (tertiary/aromatic N) is 2. The first-order valence-corrected chi connectivity index (χ1v) is 6.87.